The lowest BCUT2D eigenvalue weighted by Crippen LogP contribution is -2.31. The first-order valence-corrected chi connectivity index (χ1v) is 12.2. The lowest BCUT2D eigenvalue weighted by Gasteiger charge is -2.22. The van der Waals surface area contributed by atoms with Crippen molar-refractivity contribution in [3.05, 3.63) is 64.6 Å². The molecule has 1 N–H and O–H groups in total. The van der Waals surface area contributed by atoms with E-state index in [1.165, 1.54) is 16.7 Å². The molecular weight excluding hydrogens is 428 g/mol. The van der Waals surface area contributed by atoms with E-state index in [2.05, 4.69) is 51.7 Å². The number of fused-ring (bicyclic) bond motifs is 2. The molecule has 8 heteroatoms. The summed E-state index contributed by atoms with van der Waals surface area (Å²) in [5.41, 5.74) is 5.96. The van der Waals surface area contributed by atoms with Crippen molar-refractivity contribution in [2.45, 2.75) is 64.8 Å². The van der Waals surface area contributed by atoms with E-state index in [4.69, 9.17) is 9.72 Å². The van der Waals surface area contributed by atoms with Gasteiger partial charge < -0.3 is 15.0 Å². The van der Waals surface area contributed by atoms with Gasteiger partial charge in [0, 0.05) is 36.5 Å². The fraction of sp³-hybridized carbons (Fsp3) is 0.500. The summed E-state index contributed by atoms with van der Waals surface area (Å²) in [7, 11) is 0. The van der Waals surface area contributed by atoms with Gasteiger partial charge in [0.15, 0.2) is 0 Å². The van der Waals surface area contributed by atoms with Crippen molar-refractivity contribution in [1.29, 1.82) is 0 Å². The molecule has 1 amide bonds. The Morgan fingerprint density at radius 2 is 2.00 bits per heavy atom. The Kier molecular flexibility index (Phi) is 6.67. The van der Waals surface area contributed by atoms with Gasteiger partial charge in [-0.05, 0) is 49.3 Å². The number of carbonyl (C=O) groups is 1. The molecule has 0 saturated carbocycles. The summed E-state index contributed by atoms with van der Waals surface area (Å²) in [4.78, 5) is 23.8. The number of benzene rings is 1. The molecule has 5 rings (SSSR count). The number of rotatable bonds is 8. The van der Waals surface area contributed by atoms with Crippen LogP contribution in [0.5, 0.6) is 0 Å². The van der Waals surface area contributed by atoms with E-state index in [1.807, 2.05) is 19.3 Å². The Labute approximate surface area is 200 Å². The standard InChI is InChI=1S/C26H32N6O2/c1-3-18-12-28-29-13-21(18)8-17(2)34-16-25(33)32-14-22-11-27-26(31-24(22)15-32)30-23-9-19-6-4-5-7-20(19)10-23/h4-7,11,13,17-18,23H,3,8-10,12,14-16H2,1-2H3,(H,27,30,31). The monoisotopic (exact) mass is 460 g/mol. The maximum atomic E-state index is 12.8. The maximum absolute atomic E-state index is 12.8. The lowest BCUT2D eigenvalue weighted by molar-refractivity contribution is -0.138. The minimum absolute atomic E-state index is 0.0186. The van der Waals surface area contributed by atoms with Crippen molar-refractivity contribution < 1.29 is 9.53 Å². The molecule has 1 aromatic heterocycles. The quantitative estimate of drug-likeness (QED) is 0.641. The van der Waals surface area contributed by atoms with Crippen LogP contribution in [0.2, 0.25) is 0 Å². The van der Waals surface area contributed by atoms with Crippen LogP contribution in [0.3, 0.4) is 0 Å². The molecule has 1 aromatic carbocycles. The molecule has 2 atom stereocenters. The zero-order valence-electron chi connectivity index (χ0n) is 19.9. The molecule has 0 fully saturated rings. The van der Waals surface area contributed by atoms with E-state index in [0.717, 1.165) is 43.5 Å². The van der Waals surface area contributed by atoms with Crippen LogP contribution in [0.4, 0.5) is 5.95 Å². The Balaban J connectivity index is 1.11. The number of nitrogens with zero attached hydrogens (tertiary/aromatic N) is 5. The number of anilines is 1. The molecule has 1 aliphatic carbocycles. The Bertz CT molecular complexity index is 1090. The maximum Gasteiger partial charge on any atom is 0.249 e. The number of carbonyl (C=O) groups excluding carboxylic acids is 1. The summed E-state index contributed by atoms with van der Waals surface area (Å²) >= 11 is 0. The van der Waals surface area contributed by atoms with Crippen LogP contribution in [-0.2, 0) is 35.5 Å². The normalized spacial score (nSPS) is 20.1. The van der Waals surface area contributed by atoms with E-state index in [-0.39, 0.29) is 18.6 Å². The fourth-order valence-corrected chi connectivity index (χ4v) is 5.03. The second kappa shape index (κ2) is 10.0. The van der Waals surface area contributed by atoms with E-state index in [1.54, 1.807) is 4.90 Å². The predicted molar refractivity (Wildman–Crippen MR) is 129 cm³/mol. The summed E-state index contributed by atoms with van der Waals surface area (Å²) < 4.78 is 5.90. The van der Waals surface area contributed by atoms with Gasteiger partial charge in [-0.2, -0.15) is 10.2 Å². The Hall–Kier alpha value is -3.13. The van der Waals surface area contributed by atoms with E-state index >= 15 is 0 Å². The van der Waals surface area contributed by atoms with Gasteiger partial charge in [-0.15, -0.1) is 0 Å². The smallest absolute Gasteiger partial charge is 0.249 e. The average molecular weight is 461 g/mol. The molecule has 0 radical (unpaired) electrons. The first-order valence-electron chi connectivity index (χ1n) is 12.2. The zero-order valence-corrected chi connectivity index (χ0v) is 19.9. The third-order valence-electron chi connectivity index (χ3n) is 7.03. The van der Waals surface area contributed by atoms with Gasteiger partial charge in [0.1, 0.15) is 6.61 Å². The van der Waals surface area contributed by atoms with Gasteiger partial charge in [0.25, 0.3) is 0 Å². The minimum atomic E-state index is -0.0475. The van der Waals surface area contributed by atoms with Crippen LogP contribution >= 0.6 is 0 Å². The van der Waals surface area contributed by atoms with Gasteiger partial charge in [0.05, 0.1) is 24.9 Å². The molecule has 34 heavy (non-hydrogen) atoms. The lowest BCUT2D eigenvalue weighted by atomic mass is 9.92. The summed E-state index contributed by atoms with van der Waals surface area (Å²) in [5.74, 6) is 1.04. The van der Waals surface area contributed by atoms with Crippen LogP contribution in [0, 0.1) is 5.92 Å². The molecule has 8 nitrogen and oxygen atoms in total. The second-order valence-corrected chi connectivity index (χ2v) is 9.51. The molecule has 2 unspecified atom stereocenters. The number of azo groups is 1. The van der Waals surface area contributed by atoms with Gasteiger partial charge in [0.2, 0.25) is 11.9 Å². The average Bonchev–Trinajstić information content (AvgIpc) is 3.46. The summed E-state index contributed by atoms with van der Waals surface area (Å²) in [6.45, 7) is 6.01. The Morgan fingerprint density at radius 1 is 1.21 bits per heavy atom. The van der Waals surface area contributed by atoms with Gasteiger partial charge >= 0.3 is 0 Å². The van der Waals surface area contributed by atoms with E-state index in [9.17, 15) is 4.79 Å². The highest BCUT2D eigenvalue weighted by molar-refractivity contribution is 5.78. The first-order chi connectivity index (χ1) is 16.6. The van der Waals surface area contributed by atoms with Crippen molar-refractivity contribution >= 4 is 11.9 Å². The van der Waals surface area contributed by atoms with Crippen LogP contribution < -0.4 is 5.32 Å². The number of aromatic nitrogens is 2. The van der Waals surface area contributed by atoms with Crippen molar-refractivity contribution in [1.82, 2.24) is 14.9 Å². The highest BCUT2D eigenvalue weighted by Crippen LogP contribution is 2.27. The molecule has 3 aliphatic rings. The molecule has 2 aliphatic heterocycles. The molecular formula is C26H32N6O2. The topological polar surface area (TPSA) is 92.1 Å². The van der Waals surface area contributed by atoms with Crippen molar-refractivity contribution in [2.75, 3.05) is 18.5 Å². The summed E-state index contributed by atoms with van der Waals surface area (Å²) in [6.07, 6.45) is 7.42. The largest absolute Gasteiger partial charge is 0.368 e. The second-order valence-electron chi connectivity index (χ2n) is 9.51. The van der Waals surface area contributed by atoms with Crippen molar-refractivity contribution in [3.63, 3.8) is 0 Å². The van der Waals surface area contributed by atoms with Gasteiger partial charge in [-0.1, -0.05) is 31.2 Å². The number of nitrogens with one attached hydrogen (secondary N) is 1. The predicted octanol–water partition coefficient (Wildman–Crippen LogP) is 4.07. The van der Waals surface area contributed by atoms with Crippen LogP contribution in [0.15, 0.2) is 52.5 Å². The Morgan fingerprint density at radius 3 is 2.76 bits per heavy atom. The van der Waals surface area contributed by atoms with Gasteiger partial charge in [-0.3, -0.25) is 4.79 Å². The molecule has 0 spiro atoms. The van der Waals surface area contributed by atoms with E-state index < -0.39 is 0 Å². The number of amides is 1. The van der Waals surface area contributed by atoms with Crippen molar-refractivity contribution in [3.8, 4) is 0 Å². The molecule has 2 aromatic rings. The van der Waals surface area contributed by atoms with Gasteiger partial charge in [-0.25, -0.2) is 9.97 Å². The van der Waals surface area contributed by atoms with Crippen LogP contribution in [-0.4, -0.2) is 46.1 Å². The molecule has 0 bridgehead atoms. The van der Waals surface area contributed by atoms with Crippen molar-refractivity contribution in [2.24, 2.45) is 16.1 Å². The third-order valence-corrected chi connectivity index (χ3v) is 7.03. The number of ether oxygens (including phenoxy) is 1. The SMILES string of the molecule is CCC1CN=NC=C1CC(C)OCC(=O)N1Cc2cnc(NC3Cc4ccccc4C3)nc2C1. The van der Waals surface area contributed by atoms with Crippen LogP contribution in [0.1, 0.15) is 49.1 Å². The first kappa shape index (κ1) is 22.7. The zero-order chi connectivity index (χ0) is 23.5. The third kappa shape index (κ3) is 5.01. The van der Waals surface area contributed by atoms with E-state index in [0.29, 0.717) is 31.0 Å². The summed E-state index contributed by atoms with van der Waals surface area (Å²) in [5, 5.41) is 11.6. The molecule has 178 valence electrons. The minimum Gasteiger partial charge on any atom is -0.368 e. The number of hydrogen-bond acceptors (Lipinski definition) is 7. The highest BCUT2D eigenvalue weighted by atomic mass is 16.5. The fourth-order valence-electron chi connectivity index (χ4n) is 5.03. The summed E-state index contributed by atoms with van der Waals surface area (Å²) in [6, 6.07) is 8.85. The highest BCUT2D eigenvalue weighted by Gasteiger charge is 2.27. The molecule has 3 heterocycles. The van der Waals surface area contributed by atoms with Crippen LogP contribution in [0.25, 0.3) is 0 Å². The molecule has 0 saturated heterocycles. The number of hydrogen-bond donors (Lipinski definition) is 1.